The molecular weight excluding hydrogens is 348 g/mol. The summed E-state index contributed by atoms with van der Waals surface area (Å²) in [5, 5.41) is 3.52. The summed E-state index contributed by atoms with van der Waals surface area (Å²) >= 11 is 0. The van der Waals surface area contributed by atoms with Gasteiger partial charge in [-0.15, -0.1) is 0 Å². The van der Waals surface area contributed by atoms with Crippen LogP contribution in [0.1, 0.15) is 36.5 Å². The Labute approximate surface area is 166 Å². The van der Waals surface area contributed by atoms with Crippen molar-refractivity contribution in [2.24, 2.45) is 13.0 Å². The Hall–Kier alpha value is -2.82. The maximum Gasteiger partial charge on any atom is 0.223 e. The van der Waals surface area contributed by atoms with E-state index in [0.29, 0.717) is 5.92 Å². The highest BCUT2D eigenvalue weighted by atomic mass is 16.2. The second-order valence-electron chi connectivity index (χ2n) is 8.11. The summed E-state index contributed by atoms with van der Waals surface area (Å²) in [7, 11) is 2.01. The highest BCUT2D eigenvalue weighted by Gasteiger charge is 2.28. The zero-order valence-corrected chi connectivity index (χ0v) is 17.3. The van der Waals surface area contributed by atoms with Crippen LogP contribution >= 0.6 is 0 Å². The second kappa shape index (κ2) is 6.97. The minimum atomic E-state index is 0.0836. The van der Waals surface area contributed by atoms with Crippen molar-refractivity contribution < 1.29 is 4.79 Å². The quantitative estimate of drug-likeness (QED) is 0.681. The summed E-state index contributed by atoms with van der Waals surface area (Å²) in [5.41, 5.74) is 7.57. The smallest absolute Gasteiger partial charge is 0.223 e. The van der Waals surface area contributed by atoms with E-state index in [2.05, 4.69) is 42.8 Å². The summed E-state index contributed by atoms with van der Waals surface area (Å²) in [4.78, 5) is 19.1. The maximum absolute atomic E-state index is 12.4. The number of rotatable bonds is 5. The standard InChI is InChI=1S/C23H28N4O/c1-14-11-15(2)21(16(3)12-14)25-23-24-19-7-6-8-20(22(19)26(23)5)27(17(4)28)13-18-9-10-18/h6-8,11-12,18H,9-10,13H2,1-5H3,(H,24,25). The van der Waals surface area contributed by atoms with Gasteiger partial charge < -0.3 is 14.8 Å². The van der Waals surface area contributed by atoms with Crippen LogP contribution in [-0.2, 0) is 11.8 Å². The molecule has 4 rings (SSSR count). The zero-order chi connectivity index (χ0) is 20.0. The maximum atomic E-state index is 12.4. The molecule has 0 unspecified atom stereocenters. The fraction of sp³-hybridized carbons (Fsp3) is 0.391. The van der Waals surface area contributed by atoms with Crippen LogP contribution < -0.4 is 10.2 Å². The van der Waals surface area contributed by atoms with E-state index in [-0.39, 0.29) is 5.91 Å². The van der Waals surface area contributed by atoms with Gasteiger partial charge in [-0.2, -0.15) is 0 Å². The molecule has 0 spiro atoms. The molecule has 1 amide bonds. The van der Waals surface area contributed by atoms with Gasteiger partial charge >= 0.3 is 0 Å². The minimum absolute atomic E-state index is 0.0836. The van der Waals surface area contributed by atoms with Crippen molar-refractivity contribution in [3.63, 3.8) is 0 Å². The number of hydrogen-bond donors (Lipinski definition) is 1. The summed E-state index contributed by atoms with van der Waals surface area (Å²) in [6.45, 7) is 8.78. The molecule has 0 bridgehead atoms. The molecule has 1 aliphatic carbocycles. The lowest BCUT2D eigenvalue weighted by atomic mass is 10.1. The number of aromatic nitrogens is 2. The number of amides is 1. The van der Waals surface area contributed by atoms with Gasteiger partial charge in [-0.25, -0.2) is 4.98 Å². The molecule has 146 valence electrons. The molecule has 3 aromatic rings. The molecule has 1 fully saturated rings. The van der Waals surface area contributed by atoms with E-state index in [9.17, 15) is 4.79 Å². The SMILES string of the molecule is CC(=O)N(CC1CC1)c1cccc2nc(Nc3c(C)cc(C)cc3C)n(C)c12. The molecule has 0 radical (unpaired) electrons. The van der Waals surface area contributed by atoms with Gasteiger partial charge in [-0.3, -0.25) is 4.79 Å². The zero-order valence-electron chi connectivity index (χ0n) is 17.3. The number of benzene rings is 2. The van der Waals surface area contributed by atoms with Crippen LogP contribution in [0, 0.1) is 26.7 Å². The molecule has 1 aromatic heterocycles. The summed E-state index contributed by atoms with van der Waals surface area (Å²) < 4.78 is 2.06. The van der Waals surface area contributed by atoms with Gasteiger partial charge in [0.2, 0.25) is 11.9 Å². The first-order chi connectivity index (χ1) is 13.3. The number of nitrogens with one attached hydrogen (secondary N) is 1. The van der Waals surface area contributed by atoms with Gasteiger partial charge in [0, 0.05) is 26.2 Å². The van der Waals surface area contributed by atoms with E-state index in [1.54, 1.807) is 6.92 Å². The number of para-hydroxylation sites is 1. The summed E-state index contributed by atoms with van der Waals surface area (Å²) in [5.74, 6) is 1.50. The van der Waals surface area contributed by atoms with Crippen LogP contribution in [0.25, 0.3) is 11.0 Å². The number of aryl methyl sites for hydroxylation is 4. The van der Waals surface area contributed by atoms with Gasteiger partial charge in [-0.05, 0) is 62.8 Å². The molecule has 0 aliphatic heterocycles. The monoisotopic (exact) mass is 376 g/mol. The first kappa shape index (κ1) is 18.5. The summed E-state index contributed by atoms with van der Waals surface area (Å²) in [6.07, 6.45) is 2.42. The average Bonchev–Trinajstić information content (AvgIpc) is 3.39. The van der Waals surface area contributed by atoms with Crippen LogP contribution in [0.3, 0.4) is 0 Å². The molecule has 28 heavy (non-hydrogen) atoms. The molecule has 2 aromatic carbocycles. The second-order valence-corrected chi connectivity index (χ2v) is 8.11. The Morgan fingerprint density at radius 1 is 1.21 bits per heavy atom. The highest BCUT2D eigenvalue weighted by molar-refractivity contribution is 6.01. The normalized spacial score (nSPS) is 13.8. The third-order valence-corrected chi connectivity index (χ3v) is 5.60. The molecule has 1 aliphatic rings. The fourth-order valence-corrected chi connectivity index (χ4v) is 4.02. The largest absolute Gasteiger partial charge is 0.325 e. The number of carbonyl (C=O) groups excluding carboxylic acids is 1. The van der Waals surface area contributed by atoms with Gasteiger partial charge in [-0.1, -0.05) is 23.8 Å². The summed E-state index contributed by atoms with van der Waals surface area (Å²) in [6, 6.07) is 10.4. The molecule has 0 atom stereocenters. The first-order valence-electron chi connectivity index (χ1n) is 9.93. The van der Waals surface area contributed by atoms with Crippen molar-refractivity contribution >= 4 is 34.3 Å². The van der Waals surface area contributed by atoms with Crippen molar-refractivity contribution in [1.29, 1.82) is 0 Å². The molecule has 1 saturated carbocycles. The Balaban J connectivity index is 1.78. The van der Waals surface area contributed by atoms with Crippen molar-refractivity contribution in [2.45, 2.75) is 40.5 Å². The van der Waals surface area contributed by atoms with Crippen LogP contribution in [0.4, 0.5) is 17.3 Å². The molecule has 5 heteroatoms. The van der Waals surface area contributed by atoms with Crippen LogP contribution in [0.5, 0.6) is 0 Å². The van der Waals surface area contributed by atoms with Crippen molar-refractivity contribution in [2.75, 3.05) is 16.8 Å². The number of hydrogen-bond acceptors (Lipinski definition) is 3. The van der Waals surface area contributed by atoms with E-state index < -0.39 is 0 Å². The molecule has 1 N–H and O–H groups in total. The van der Waals surface area contributed by atoms with Gasteiger partial charge in [0.15, 0.2) is 0 Å². The van der Waals surface area contributed by atoms with Gasteiger partial charge in [0.05, 0.1) is 16.7 Å². The first-order valence-corrected chi connectivity index (χ1v) is 9.93. The lowest BCUT2D eigenvalue weighted by Gasteiger charge is -2.22. The van der Waals surface area contributed by atoms with E-state index in [0.717, 1.165) is 34.9 Å². The highest BCUT2D eigenvalue weighted by Crippen LogP contribution is 2.35. The topological polar surface area (TPSA) is 50.2 Å². The van der Waals surface area contributed by atoms with Crippen LogP contribution in [-0.4, -0.2) is 22.0 Å². The van der Waals surface area contributed by atoms with Crippen molar-refractivity contribution in [3.05, 3.63) is 47.0 Å². The number of fused-ring (bicyclic) bond motifs is 1. The van der Waals surface area contributed by atoms with E-state index >= 15 is 0 Å². The Morgan fingerprint density at radius 3 is 2.50 bits per heavy atom. The van der Waals surface area contributed by atoms with E-state index in [4.69, 9.17) is 4.98 Å². The molecule has 5 nitrogen and oxygen atoms in total. The molecular formula is C23H28N4O. The minimum Gasteiger partial charge on any atom is -0.325 e. The fourth-order valence-electron chi connectivity index (χ4n) is 4.02. The predicted octanol–water partition coefficient (Wildman–Crippen LogP) is 5.01. The van der Waals surface area contributed by atoms with Crippen LogP contribution in [0.15, 0.2) is 30.3 Å². The van der Waals surface area contributed by atoms with Crippen LogP contribution in [0.2, 0.25) is 0 Å². The van der Waals surface area contributed by atoms with E-state index in [1.807, 2.05) is 30.1 Å². The van der Waals surface area contributed by atoms with Crippen molar-refractivity contribution in [1.82, 2.24) is 9.55 Å². The average molecular weight is 377 g/mol. The Bertz CT molecular complexity index is 1040. The molecule has 0 saturated heterocycles. The Kier molecular flexibility index (Phi) is 4.61. The van der Waals surface area contributed by atoms with Gasteiger partial charge in [0.1, 0.15) is 0 Å². The lowest BCUT2D eigenvalue weighted by Crippen LogP contribution is -2.31. The number of anilines is 3. The Morgan fingerprint density at radius 2 is 1.89 bits per heavy atom. The van der Waals surface area contributed by atoms with Crippen molar-refractivity contribution in [3.8, 4) is 0 Å². The third-order valence-electron chi connectivity index (χ3n) is 5.60. The molecule has 1 heterocycles. The van der Waals surface area contributed by atoms with E-state index in [1.165, 1.54) is 29.5 Å². The lowest BCUT2D eigenvalue weighted by molar-refractivity contribution is -0.116. The third kappa shape index (κ3) is 3.37. The van der Waals surface area contributed by atoms with Gasteiger partial charge in [0.25, 0.3) is 0 Å². The number of imidazole rings is 1. The number of nitrogens with zero attached hydrogens (tertiary/aromatic N) is 3. The number of carbonyl (C=O) groups is 1. The predicted molar refractivity (Wildman–Crippen MR) is 115 cm³/mol.